The molecule has 3 aliphatic heterocycles. The van der Waals surface area contributed by atoms with Crippen LogP contribution >= 0.6 is 0 Å². The number of fused-ring (bicyclic) bond motifs is 6. The number of likely N-dealkylation sites (tertiary alicyclic amines) is 2. The molecule has 1 aromatic heterocycles. The van der Waals surface area contributed by atoms with Gasteiger partial charge < -0.3 is 34.9 Å². The van der Waals surface area contributed by atoms with E-state index in [9.17, 15) is 19.2 Å². The average Bonchev–Trinajstić information content (AvgIpc) is 3.95. The number of hydrogen-bond acceptors (Lipinski definition) is 8. The molecule has 3 aromatic carbocycles. The van der Waals surface area contributed by atoms with Gasteiger partial charge in [-0.2, -0.15) is 8.78 Å². The van der Waals surface area contributed by atoms with E-state index in [-0.39, 0.29) is 64.2 Å². The number of halogens is 2. The van der Waals surface area contributed by atoms with Gasteiger partial charge in [0, 0.05) is 41.4 Å². The Bertz CT molecular complexity index is 2650. The van der Waals surface area contributed by atoms with Crippen molar-refractivity contribution < 1.29 is 37.4 Å². The van der Waals surface area contributed by atoms with Crippen molar-refractivity contribution in [1.29, 1.82) is 0 Å². The molecule has 3 aliphatic carbocycles. The summed E-state index contributed by atoms with van der Waals surface area (Å²) >= 11 is 0. The second-order valence-electron chi connectivity index (χ2n) is 19.7. The predicted molar refractivity (Wildman–Crippen MR) is 240 cm³/mol. The number of piperidine rings is 1. The Balaban J connectivity index is 0.870. The lowest BCUT2D eigenvalue weighted by molar-refractivity contribution is -0.137. The van der Waals surface area contributed by atoms with Crippen molar-refractivity contribution in [3.63, 3.8) is 0 Å². The molecule has 0 unspecified atom stereocenters. The molecule has 0 radical (unpaired) electrons. The highest BCUT2D eigenvalue weighted by molar-refractivity contribution is 6.02. The SMILES string of the molecule is COC(=O)N[C@H](C(=O)N1CC2(CC2)C[C@H]1c1ncc(-c2ccc3c(c2)C(F)(F)c2cc(-c4ccc5c(c4)CC([C@@H]4[C@@H]6CC[C@H](C6)N4C(=O)[C@@H](NC(=O)OC)C(C)C)=N5)ccc2-3)[nH]1)C(C)C. The highest BCUT2D eigenvalue weighted by Crippen LogP contribution is 2.59. The number of alkyl halides is 2. The zero-order valence-corrected chi connectivity index (χ0v) is 37.5. The van der Waals surface area contributed by atoms with Crippen LogP contribution in [0.4, 0.5) is 24.1 Å². The maximum absolute atomic E-state index is 16.7. The van der Waals surface area contributed by atoms with Gasteiger partial charge in [0.1, 0.15) is 17.9 Å². The summed E-state index contributed by atoms with van der Waals surface area (Å²) < 4.78 is 43.0. The van der Waals surface area contributed by atoms with Crippen LogP contribution in [0.1, 0.15) is 94.8 Å². The lowest BCUT2D eigenvalue weighted by Crippen LogP contribution is -2.57. The number of benzene rings is 3. The molecule has 4 heterocycles. The summed E-state index contributed by atoms with van der Waals surface area (Å²) in [6.45, 7) is 8.12. The minimum absolute atomic E-state index is 0.0136. The number of carbonyl (C=O) groups is 4. The van der Waals surface area contributed by atoms with Crippen molar-refractivity contribution in [3.05, 3.63) is 83.3 Å². The molecule has 4 aromatic rings. The van der Waals surface area contributed by atoms with Gasteiger partial charge in [-0.3, -0.25) is 14.6 Å². The van der Waals surface area contributed by atoms with E-state index in [2.05, 4.69) is 15.6 Å². The van der Waals surface area contributed by atoms with Crippen LogP contribution in [0.5, 0.6) is 0 Å². The Morgan fingerprint density at radius 1 is 0.815 bits per heavy atom. The van der Waals surface area contributed by atoms with Gasteiger partial charge in [0.05, 0.1) is 43.9 Å². The van der Waals surface area contributed by atoms with E-state index in [4.69, 9.17) is 19.5 Å². The first-order valence-corrected chi connectivity index (χ1v) is 22.8. The van der Waals surface area contributed by atoms with Gasteiger partial charge in [-0.1, -0.05) is 58.0 Å². The molecule has 340 valence electrons. The van der Waals surface area contributed by atoms with E-state index in [0.29, 0.717) is 46.7 Å². The number of carbonyl (C=O) groups excluding carboxylic acids is 4. The van der Waals surface area contributed by atoms with Crippen LogP contribution in [-0.4, -0.2) is 94.4 Å². The fourth-order valence-corrected chi connectivity index (χ4v) is 11.3. The molecule has 2 bridgehead atoms. The van der Waals surface area contributed by atoms with Crippen LogP contribution in [-0.2, 0) is 31.4 Å². The van der Waals surface area contributed by atoms with Crippen LogP contribution in [0, 0.1) is 23.2 Å². The first-order valence-electron chi connectivity index (χ1n) is 22.8. The third kappa shape index (κ3) is 7.25. The number of imidazole rings is 1. The van der Waals surface area contributed by atoms with E-state index in [0.717, 1.165) is 61.1 Å². The number of ether oxygens (including phenoxy) is 2. The zero-order chi connectivity index (χ0) is 45.7. The van der Waals surface area contributed by atoms with Crippen LogP contribution in [0.25, 0.3) is 33.5 Å². The molecule has 3 N–H and O–H groups in total. The molecular weight excluding hydrogens is 833 g/mol. The fourth-order valence-electron chi connectivity index (χ4n) is 11.3. The van der Waals surface area contributed by atoms with Crippen molar-refractivity contribution >= 4 is 35.4 Å². The fraction of sp³-hybridized carbons (Fsp3) is 0.480. The minimum Gasteiger partial charge on any atom is -0.453 e. The summed E-state index contributed by atoms with van der Waals surface area (Å²) in [5.74, 6) is -3.05. The van der Waals surface area contributed by atoms with E-state index in [1.165, 1.54) is 20.3 Å². The highest BCUT2D eigenvalue weighted by Gasteiger charge is 2.56. The van der Waals surface area contributed by atoms with Gasteiger partial charge in [-0.25, -0.2) is 14.6 Å². The Morgan fingerprint density at radius 2 is 1.43 bits per heavy atom. The number of alkyl carbamates (subject to hydrolysis) is 2. The van der Waals surface area contributed by atoms with Gasteiger partial charge in [0.2, 0.25) is 11.8 Å². The number of nitrogens with one attached hydrogen (secondary N) is 3. The Kier molecular flexibility index (Phi) is 10.4. The van der Waals surface area contributed by atoms with Gasteiger partial charge in [-0.15, -0.1) is 0 Å². The van der Waals surface area contributed by atoms with E-state index < -0.39 is 30.2 Å². The molecule has 6 atom stereocenters. The maximum atomic E-state index is 16.7. The monoisotopic (exact) mass is 887 g/mol. The van der Waals surface area contributed by atoms with Crippen molar-refractivity contribution in [1.82, 2.24) is 30.4 Å². The molecule has 2 saturated heterocycles. The molecule has 4 fully saturated rings. The number of H-pyrrole nitrogens is 1. The number of amides is 4. The molecule has 10 rings (SSSR count). The summed E-state index contributed by atoms with van der Waals surface area (Å²) in [4.78, 5) is 69.3. The number of rotatable bonds is 10. The number of hydrogen-bond donors (Lipinski definition) is 3. The number of methoxy groups -OCH3 is 2. The van der Waals surface area contributed by atoms with Crippen LogP contribution in [0.2, 0.25) is 0 Å². The normalized spacial score (nSPS) is 23.6. The molecular formula is C50H55F2N7O6. The third-order valence-corrected chi connectivity index (χ3v) is 15.0. The smallest absolute Gasteiger partial charge is 0.407 e. The Hall–Kier alpha value is -6.12. The number of aromatic amines is 1. The number of aromatic nitrogens is 2. The van der Waals surface area contributed by atoms with Crippen LogP contribution in [0.3, 0.4) is 0 Å². The van der Waals surface area contributed by atoms with Gasteiger partial charge in [-0.05, 0) is 114 Å². The summed E-state index contributed by atoms with van der Waals surface area (Å²) in [6, 6.07) is 14.3. The van der Waals surface area contributed by atoms with Gasteiger partial charge >= 0.3 is 12.2 Å². The van der Waals surface area contributed by atoms with Gasteiger partial charge in [0.25, 0.3) is 5.92 Å². The Morgan fingerprint density at radius 3 is 2.08 bits per heavy atom. The van der Waals surface area contributed by atoms with Crippen molar-refractivity contribution in [2.75, 3.05) is 20.8 Å². The second kappa shape index (κ2) is 15.8. The molecule has 6 aliphatic rings. The Labute approximate surface area is 376 Å². The van der Waals surface area contributed by atoms with E-state index in [1.807, 2.05) is 62.9 Å². The quantitative estimate of drug-likeness (QED) is 0.144. The highest BCUT2D eigenvalue weighted by atomic mass is 19.3. The second-order valence-corrected chi connectivity index (χ2v) is 19.7. The molecule has 2 saturated carbocycles. The van der Waals surface area contributed by atoms with Crippen LogP contribution < -0.4 is 10.6 Å². The number of nitrogens with zero attached hydrogens (tertiary/aromatic N) is 4. The van der Waals surface area contributed by atoms with Crippen molar-refractivity contribution in [3.8, 4) is 33.5 Å². The summed E-state index contributed by atoms with van der Waals surface area (Å²) in [5, 5.41) is 5.46. The lowest BCUT2D eigenvalue weighted by atomic mass is 9.90. The molecule has 1 spiro atoms. The van der Waals surface area contributed by atoms with E-state index >= 15 is 8.78 Å². The molecule has 4 amide bonds. The van der Waals surface area contributed by atoms with Crippen molar-refractivity contribution in [2.45, 2.75) is 109 Å². The molecule has 13 nitrogen and oxygen atoms in total. The molecule has 15 heteroatoms. The van der Waals surface area contributed by atoms with Gasteiger partial charge in [0.15, 0.2) is 0 Å². The van der Waals surface area contributed by atoms with Crippen molar-refractivity contribution in [2.24, 2.45) is 28.2 Å². The topological polar surface area (TPSA) is 158 Å². The maximum Gasteiger partial charge on any atom is 0.407 e. The third-order valence-electron chi connectivity index (χ3n) is 15.0. The average molecular weight is 888 g/mol. The summed E-state index contributed by atoms with van der Waals surface area (Å²) in [6.07, 6.45) is 6.44. The summed E-state index contributed by atoms with van der Waals surface area (Å²) in [5.41, 5.74) is 6.14. The first-order chi connectivity index (χ1) is 31.1. The first kappa shape index (κ1) is 42.8. The largest absolute Gasteiger partial charge is 0.453 e. The number of aliphatic imine (C=N–C) groups is 1. The standard InChI is InChI=1S/C50H55F2N7O6/c1-25(2)41(56-47(62)64-5)45(60)58-24-49(15-16-49)22-40(58)44-53-23-39(55-44)29-9-13-34-33-12-8-28(19-35(33)50(51,52)36(34)20-29)27-10-14-37-31(17-27)21-38(54-37)43-30-7-11-32(18-30)59(43)46(61)42(26(3)4)57-48(63)65-6/h8-10,12-14,17,19-20,23,25-26,30,32,40-43H,7,11,15-16,18,21-22,24H2,1-6H3,(H,53,55)(H,56,62)(H,57,63)/t30-,32-,40+,41+,42+,43+/m1/s1. The summed E-state index contributed by atoms with van der Waals surface area (Å²) in [7, 11) is 2.56. The zero-order valence-electron chi connectivity index (χ0n) is 37.5. The van der Waals surface area contributed by atoms with E-state index in [1.54, 1.807) is 29.3 Å². The van der Waals surface area contributed by atoms with Crippen LogP contribution in [0.15, 0.2) is 65.8 Å². The predicted octanol–water partition coefficient (Wildman–Crippen LogP) is 8.69. The minimum atomic E-state index is -3.27. The lowest BCUT2D eigenvalue weighted by Gasteiger charge is -2.38. The molecule has 65 heavy (non-hydrogen) atoms.